The minimum Gasteiger partial charge on any atom is -0.494 e. The maximum absolute atomic E-state index is 13.0. The van der Waals surface area contributed by atoms with Crippen LogP contribution in [0.3, 0.4) is 0 Å². The number of hydrogen-bond acceptors (Lipinski definition) is 5. The average Bonchev–Trinajstić information content (AvgIpc) is 3.16. The monoisotopic (exact) mass is 441 g/mol. The summed E-state index contributed by atoms with van der Waals surface area (Å²) < 4.78 is 7.51. The predicted molar refractivity (Wildman–Crippen MR) is 131 cm³/mol. The van der Waals surface area contributed by atoms with Crippen LogP contribution in [0.2, 0.25) is 0 Å². The number of carbonyl (C=O) groups is 1. The molecule has 0 fully saturated rings. The highest BCUT2D eigenvalue weighted by Gasteiger charge is 2.14. The SMILES string of the molecule is CCCCOc1ccc(-c2cc(C(=O)NN=Cc3cnn(C)c3C)c3ccccc3n2)cc1. The molecule has 0 aliphatic rings. The number of nitrogens with one attached hydrogen (secondary N) is 1. The Morgan fingerprint density at radius 3 is 2.70 bits per heavy atom. The van der Waals surface area contributed by atoms with Crippen LogP contribution in [0.5, 0.6) is 5.75 Å². The lowest BCUT2D eigenvalue weighted by Gasteiger charge is -2.10. The number of benzene rings is 2. The van der Waals surface area contributed by atoms with E-state index in [1.807, 2.05) is 62.5 Å². The van der Waals surface area contributed by atoms with Gasteiger partial charge in [0.25, 0.3) is 5.91 Å². The van der Waals surface area contributed by atoms with Gasteiger partial charge in [-0.3, -0.25) is 9.48 Å². The predicted octanol–water partition coefficient (Wildman–Crippen LogP) is 4.89. The molecule has 2 aromatic carbocycles. The Balaban J connectivity index is 1.60. The first-order chi connectivity index (χ1) is 16.1. The summed E-state index contributed by atoms with van der Waals surface area (Å²) in [5.41, 5.74) is 7.33. The molecule has 168 valence electrons. The van der Waals surface area contributed by atoms with Crippen molar-refractivity contribution in [3.05, 3.63) is 77.6 Å². The van der Waals surface area contributed by atoms with Crippen LogP contribution in [0.4, 0.5) is 0 Å². The molecule has 1 amide bonds. The lowest BCUT2D eigenvalue weighted by Crippen LogP contribution is -2.18. The third kappa shape index (κ3) is 5.09. The van der Waals surface area contributed by atoms with Crippen LogP contribution < -0.4 is 10.2 Å². The van der Waals surface area contributed by atoms with Gasteiger partial charge in [-0.25, -0.2) is 10.4 Å². The quantitative estimate of drug-likeness (QED) is 0.240. The maximum atomic E-state index is 13.0. The zero-order valence-corrected chi connectivity index (χ0v) is 19.1. The fourth-order valence-electron chi connectivity index (χ4n) is 3.43. The van der Waals surface area contributed by atoms with Crippen molar-refractivity contribution >= 4 is 23.0 Å². The molecule has 1 N–H and O–H groups in total. The van der Waals surface area contributed by atoms with Gasteiger partial charge < -0.3 is 4.74 Å². The second kappa shape index (κ2) is 10.1. The van der Waals surface area contributed by atoms with Crippen molar-refractivity contribution in [3.63, 3.8) is 0 Å². The molecule has 4 rings (SSSR count). The molecular formula is C26H27N5O2. The van der Waals surface area contributed by atoms with E-state index < -0.39 is 0 Å². The first-order valence-electron chi connectivity index (χ1n) is 11.0. The zero-order chi connectivity index (χ0) is 23.2. The second-order valence-electron chi connectivity index (χ2n) is 7.81. The second-order valence-corrected chi connectivity index (χ2v) is 7.81. The van der Waals surface area contributed by atoms with Gasteiger partial charge in [0.2, 0.25) is 0 Å². The van der Waals surface area contributed by atoms with E-state index in [1.165, 1.54) is 0 Å². The summed E-state index contributed by atoms with van der Waals surface area (Å²) >= 11 is 0. The number of ether oxygens (including phenoxy) is 1. The highest BCUT2D eigenvalue weighted by Crippen LogP contribution is 2.26. The third-order valence-electron chi connectivity index (χ3n) is 5.52. The van der Waals surface area contributed by atoms with E-state index in [2.05, 4.69) is 22.5 Å². The van der Waals surface area contributed by atoms with E-state index in [-0.39, 0.29) is 5.91 Å². The van der Waals surface area contributed by atoms with Gasteiger partial charge in [-0.2, -0.15) is 10.2 Å². The van der Waals surface area contributed by atoms with Crippen LogP contribution in [0, 0.1) is 6.92 Å². The van der Waals surface area contributed by atoms with Gasteiger partial charge >= 0.3 is 0 Å². The topological polar surface area (TPSA) is 81.4 Å². The Hall–Kier alpha value is -4.00. The van der Waals surface area contributed by atoms with Gasteiger partial charge in [0.15, 0.2) is 0 Å². The molecule has 0 saturated heterocycles. The Labute approximate surface area is 193 Å². The fourth-order valence-corrected chi connectivity index (χ4v) is 3.43. The molecule has 7 heteroatoms. The number of hydrazone groups is 1. The number of aryl methyl sites for hydroxylation is 1. The molecular weight excluding hydrogens is 414 g/mol. The van der Waals surface area contributed by atoms with Crippen LogP contribution in [0.15, 0.2) is 65.9 Å². The largest absolute Gasteiger partial charge is 0.494 e. The van der Waals surface area contributed by atoms with Crippen molar-refractivity contribution < 1.29 is 9.53 Å². The molecule has 0 aliphatic carbocycles. The lowest BCUT2D eigenvalue weighted by atomic mass is 10.0. The smallest absolute Gasteiger partial charge is 0.272 e. The molecule has 0 spiro atoms. The first-order valence-corrected chi connectivity index (χ1v) is 11.0. The summed E-state index contributed by atoms with van der Waals surface area (Å²) in [5, 5.41) is 9.08. The van der Waals surface area contributed by atoms with Crippen molar-refractivity contribution in [2.45, 2.75) is 26.7 Å². The molecule has 0 atom stereocenters. The molecule has 7 nitrogen and oxygen atoms in total. The number of para-hydroxylation sites is 1. The lowest BCUT2D eigenvalue weighted by molar-refractivity contribution is 0.0956. The van der Waals surface area contributed by atoms with Gasteiger partial charge in [-0.05, 0) is 49.7 Å². The highest BCUT2D eigenvalue weighted by molar-refractivity contribution is 6.07. The van der Waals surface area contributed by atoms with Crippen molar-refractivity contribution in [1.82, 2.24) is 20.2 Å². The molecule has 0 aliphatic heterocycles. The highest BCUT2D eigenvalue weighted by atomic mass is 16.5. The van der Waals surface area contributed by atoms with Gasteiger partial charge in [-0.1, -0.05) is 31.5 Å². The number of hydrogen-bond donors (Lipinski definition) is 1. The number of rotatable bonds is 8. The molecule has 2 heterocycles. The molecule has 0 saturated carbocycles. The molecule has 4 aromatic rings. The minimum atomic E-state index is -0.299. The summed E-state index contributed by atoms with van der Waals surface area (Å²) in [6.07, 6.45) is 5.42. The Bertz CT molecular complexity index is 1290. The van der Waals surface area contributed by atoms with Crippen LogP contribution >= 0.6 is 0 Å². The van der Waals surface area contributed by atoms with Crippen molar-refractivity contribution in [1.29, 1.82) is 0 Å². The summed E-state index contributed by atoms with van der Waals surface area (Å²) in [5.74, 6) is 0.526. The summed E-state index contributed by atoms with van der Waals surface area (Å²) in [7, 11) is 1.86. The zero-order valence-electron chi connectivity index (χ0n) is 19.1. The van der Waals surface area contributed by atoms with Gasteiger partial charge in [-0.15, -0.1) is 0 Å². The molecule has 2 aromatic heterocycles. The van der Waals surface area contributed by atoms with Gasteiger partial charge in [0, 0.05) is 29.3 Å². The normalized spacial score (nSPS) is 11.2. The van der Waals surface area contributed by atoms with E-state index in [9.17, 15) is 4.79 Å². The summed E-state index contributed by atoms with van der Waals surface area (Å²) in [6.45, 7) is 4.78. The number of carbonyl (C=O) groups excluding carboxylic acids is 1. The van der Waals surface area contributed by atoms with Crippen molar-refractivity contribution in [3.8, 4) is 17.0 Å². The van der Waals surface area contributed by atoms with Gasteiger partial charge in [0.05, 0.1) is 35.8 Å². The van der Waals surface area contributed by atoms with E-state index in [1.54, 1.807) is 23.2 Å². The van der Waals surface area contributed by atoms with Crippen molar-refractivity contribution in [2.75, 3.05) is 6.61 Å². The number of unbranched alkanes of at least 4 members (excludes halogenated alkanes) is 1. The van der Waals surface area contributed by atoms with E-state index in [0.717, 1.165) is 46.3 Å². The van der Waals surface area contributed by atoms with Crippen molar-refractivity contribution in [2.24, 2.45) is 12.1 Å². The Kier molecular flexibility index (Phi) is 6.78. The fraction of sp³-hybridized carbons (Fsp3) is 0.231. The van der Waals surface area contributed by atoms with E-state index >= 15 is 0 Å². The van der Waals surface area contributed by atoms with Crippen LogP contribution in [0.25, 0.3) is 22.2 Å². The Morgan fingerprint density at radius 2 is 1.97 bits per heavy atom. The molecule has 0 unspecified atom stereocenters. The number of fused-ring (bicyclic) bond motifs is 1. The first kappa shape index (κ1) is 22.2. The van der Waals surface area contributed by atoms with E-state index in [4.69, 9.17) is 9.72 Å². The van der Waals surface area contributed by atoms with Crippen LogP contribution in [-0.4, -0.2) is 33.5 Å². The number of pyridine rings is 1. The summed E-state index contributed by atoms with van der Waals surface area (Å²) in [4.78, 5) is 17.8. The van der Waals surface area contributed by atoms with E-state index in [0.29, 0.717) is 17.9 Å². The Morgan fingerprint density at radius 1 is 1.18 bits per heavy atom. The van der Waals surface area contributed by atoms with Gasteiger partial charge in [0.1, 0.15) is 5.75 Å². The standard InChI is InChI=1S/C26H27N5O2/c1-4-5-14-33-21-12-10-19(11-13-21)25-15-23(22-8-6-7-9-24(22)29-25)26(32)30-27-16-20-17-28-31(3)18(20)2/h6-13,15-17H,4-5,14H2,1-3H3,(H,30,32). The molecule has 0 bridgehead atoms. The average molecular weight is 442 g/mol. The molecule has 33 heavy (non-hydrogen) atoms. The number of amides is 1. The summed E-state index contributed by atoms with van der Waals surface area (Å²) in [6, 6.07) is 17.2. The minimum absolute atomic E-state index is 0.299. The van der Waals surface area contributed by atoms with Crippen LogP contribution in [0.1, 0.15) is 41.4 Å². The number of nitrogens with zero attached hydrogens (tertiary/aromatic N) is 4. The van der Waals surface area contributed by atoms with Crippen LogP contribution in [-0.2, 0) is 7.05 Å². The third-order valence-corrected chi connectivity index (χ3v) is 5.52. The maximum Gasteiger partial charge on any atom is 0.272 e. The number of aromatic nitrogens is 3. The molecule has 0 radical (unpaired) electrons.